The minimum atomic E-state index is -0.177. The van der Waals surface area contributed by atoms with Gasteiger partial charge in [-0.15, -0.1) is 0 Å². The first-order chi connectivity index (χ1) is 12.7. The fraction of sp³-hybridized carbons (Fsp3) is 0.476. The number of rotatable bonds is 5. The standard InChI is InChI=1S/C21H25FN2O2/c22-19-3-1-17(2-4-19)14-24-11-7-21(8-12-24)13-20(16-26-21)25-15-18-5-9-23-10-6-18/h1-6,9-10,20H,7-8,11-16H2/t20-/m1/s1. The van der Waals surface area contributed by atoms with Gasteiger partial charge < -0.3 is 9.47 Å². The molecule has 4 rings (SSSR count). The Hall–Kier alpha value is -1.82. The van der Waals surface area contributed by atoms with Crippen molar-refractivity contribution in [2.24, 2.45) is 0 Å². The second kappa shape index (κ2) is 7.82. The van der Waals surface area contributed by atoms with E-state index in [1.165, 1.54) is 12.1 Å². The molecule has 0 bridgehead atoms. The molecule has 1 aromatic carbocycles. The fourth-order valence-electron chi connectivity index (χ4n) is 3.92. The number of aromatic nitrogens is 1. The van der Waals surface area contributed by atoms with Crippen LogP contribution < -0.4 is 0 Å². The predicted octanol–water partition coefficient (Wildman–Crippen LogP) is 3.56. The van der Waals surface area contributed by atoms with Gasteiger partial charge in [0, 0.05) is 38.4 Å². The van der Waals surface area contributed by atoms with Gasteiger partial charge in [-0.1, -0.05) is 12.1 Å². The summed E-state index contributed by atoms with van der Waals surface area (Å²) in [7, 11) is 0. The maximum Gasteiger partial charge on any atom is 0.123 e. The Morgan fingerprint density at radius 2 is 1.81 bits per heavy atom. The Kier molecular flexibility index (Phi) is 5.29. The molecule has 0 amide bonds. The van der Waals surface area contributed by atoms with Crippen LogP contribution in [0.1, 0.15) is 30.4 Å². The Balaban J connectivity index is 1.24. The predicted molar refractivity (Wildman–Crippen MR) is 97.0 cm³/mol. The van der Waals surface area contributed by atoms with Gasteiger partial charge >= 0.3 is 0 Å². The number of likely N-dealkylation sites (tertiary alicyclic amines) is 1. The Labute approximate surface area is 153 Å². The van der Waals surface area contributed by atoms with Crippen LogP contribution in [0.5, 0.6) is 0 Å². The van der Waals surface area contributed by atoms with E-state index >= 15 is 0 Å². The lowest BCUT2D eigenvalue weighted by Crippen LogP contribution is -2.43. The fourth-order valence-corrected chi connectivity index (χ4v) is 3.92. The molecule has 0 radical (unpaired) electrons. The molecule has 0 unspecified atom stereocenters. The van der Waals surface area contributed by atoms with Gasteiger partial charge in [-0.2, -0.15) is 0 Å². The highest BCUT2D eigenvalue weighted by molar-refractivity contribution is 5.16. The van der Waals surface area contributed by atoms with Crippen LogP contribution in [0, 0.1) is 5.82 Å². The first kappa shape index (κ1) is 17.6. The molecule has 4 nitrogen and oxygen atoms in total. The molecule has 138 valence electrons. The lowest BCUT2D eigenvalue weighted by atomic mass is 9.88. The number of halogens is 1. The molecule has 0 saturated carbocycles. The van der Waals surface area contributed by atoms with Crippen LogP contribution in [-0.4, -0.2) is 41.3 Å². The molecule has 2 saturated heterocycles. The molecule has 2 aliphatic rings. The van der Waals surface area contributed by atoms with Gasteiger partial charge in [-0.25, -0.2) is 4.39 Å². The van der Waals surface area contributed by atoms with Crippen LogP contribution in [0.15, 0.2) is 48.8 Å². The summed E-state index contributed by atoms with van der Waals surface area (Å²) in [6, 6.07) is 10.8. The van der Waals surface area contributed by atoms with E-state index in [0.29, 0.717) is 13.2 Å². The molecule has 26 heavy (non-hydrogen) atoms. The van der Waals surface area contributed by atoms with Crippen molar-refractivity contribution in [1.29, 1.82) is 0 Å². The number of ether oxygens (including phenoxy) is 2. The van der Waals surface area contributed by atoms with E-state index in [9.17, 15) is 4.39 Å². The summed E-state index contributed by atoms with van der Waals surface area (Å²) in [6.07, 6.45) is 6.80. The maximum atomic E-state index is 13.0. The van der Waals surface area contributed by atoms with Gasteiger partial charge in [-0.3, -0.25) is 9.88 Å². The quantitative estimate of drug-likeness (QED) is 0.820. The van der Waals surface area contributed by atoms with E-state index in [4.69, 9.17) is 9.47 Å². The molecular weight excluding hydrogens is 331 g/mol. The van der Waals surface area contributed by atoms with Crippen molar-refractivity contribution >= 4 is 0 Å². The van der Waals surface area contributed by atoms with Gasteiger partial charge in [0.15, 0.2) is 0 Å². The monoisotopic (exact) mass is 356 g/mol. The average Bonchev–Trinajstić information content (AvgIpc) is 3.08. The summed E-state index contributed by atoms with van der Waals surface area (Å²) in [5.41, 5.74) is 2.28. The minimum Gasteiger partial charge on any atom is -0.372 e. The summed E-state index contributed by atoms with van der Waals surface area (Å²) in [5, 5.41) is 0. The summed E-state index contributed by atoms with van der Waals surface area (Å²) in [6.45, 7) is 4.19. The summed E-state index contributed by atoms with van der Waals surface area (Å²) < 4.78 is 25.3. The minimum absolute atomic E-state index is 0.0256. The van der Waals surface area contributed by atoms with Crippen LogP contribution in [0.4, 0.5) is 4.39 Å². The molecule has 3 heterocycles. The summed E-state index contributed by atoms with van der Waals surface area (Å²) in [4.78, 5) is 6.45. The van der Waals surface area contributed by atoms with Crippen molar-refractivity contribution < 1.29 is 13.9 Å². The van der Waals surface area contributed by atoms with Crippen LogP contribution in [0.3, 0.4) is 0 Å². The van der Waals surface area contributed by atoms with Gasteiger partial charge in [-0.05, 0) is 48.2 Å². The van der Waals surface area contributed by atoms with Crippen LogP contribution in [-0.2, 0) is 22.6 Å². The molecule has 2 aliphatic heterocycles. The molecule has 0 N–H and O–H groups in total. The van der Waals surface area contributed by atoms with Crippen LogP contribution in [0.2, 0.25) is 0 Å². The number of pyridine rings is 1. The van der Waals surface area contributed by atoms with Crippen molar-refractivity contribution in [2.45, 2.75) is 44.1 Å². The Bertz CT molecular complexity index is 700. The van der Waals surface area contributed by atoms with Crippen molar-refractivity contribution in [3.8, 4) is 0 Å². The largest absolute Gasteiger partial charge is 0.372 e. The molecule has 1 aromatic heterocycles. The highest BCUT2D eigenvalue weighted by Gasteiger charge is 2.43. The van der Waals surface area contributed by atoms with Crippen molar-refractivity contribution in [3.05, 3.63) is 65.7 Å². The molecule has 1 atom stereocenters. The average molecular weight is 356 g/mol. The third-order valence-electron chi connectivity index (χ3n) is 5.50. The SMILES string of the molecule is Fc1ccc(CN2CCC3(CC2)C[C@@H](OCc2ccncc2)CO3)cc1. The van der Waals surface area contributed by atoms with Gasteiger partial charge in [0.1, 0.15) is 5.82 Å². The lowest BCUT2D eigenvalue weighted by molar-refractivity contribution is -0.0468. The number of nitrogens with zero attached hydrogens (tertiary/aromatic N) is 2. The molecule has 1 spiro atoms. The van der Waals surface area contributed by atoms with Gasteiger partial charge in [0.2, 0.25) is 0 Å². The smallest absolute Gasteiger partial charge is 0.123 e. The van der Waals surface area contributed by atoms with Crippen molar-refractivity contribution in [3.63, 3.8) is 0 Å². The second-order valence-corrected chi connectivity index (χ2v) is 7.39. The third-order valence-corrected chi connectivity index (χ3v) is 5.50. The normalized spacial score (nSPS) is 22.7. The molecule has 2 aromatic rings. The van der Waals surface area contributed by atoms with Crippen LogP contribution in [0.25, 0.3) is 0 Å². The molecule has 0 aliphatic carbocycles. The van der Waals surface area contributed by atoms with Crippen molar-refractivity contribution in [2.75, 3.05) is 19.7 Å². The number of benzene rings is 1. The van der Waals surface area contributed by atoms with E-state index in [1.807, 2.05) is 24.3 Å². The second-order valence-electron chi connectivity index (χ2n) is 7.39. The van der Waals surface area contributed by atoms with Crippen LogP contribution >= 0.6 is 0 Å². The van der Waals surface area contributed by atoms with Gasteiger partial charge in [0.05, 0.1) is 24.9 Å². The first-order valence-electron chi connectivity index (χ1n) is 9.32. The highest BCUT2D eigenvalue weighted by atomic mass is 19.1. The summed E-state index contributed by atoms with van der Waals surface area (Å²) >= 11 is 0. The Morgan fingerprint density at radius 3 is 2.54 bits per heavy atom. The maximum absolute atomic E-state index is 13.0. The molecule has 5 heteroatoms. The van der Waals surface area contributed by atoms with E-state index in [1.54, 1.807) is 12.4 Å². The zero-order valence-corrected chi connectivity index (χ0v) is 14.9. The zero-order valence-electron chi connectivity index (χ0n) is 14.9. The lowest BCUT2D eigenvalue weighted by Gasteiger charge is -2.38. The number of piperidine rings is 1. The van der Waals surface area contributed by atoms with E-state index in [0.717, 1.165) is 50.0 Å². The third kappa shape index (κ3) is 4.29. The highest BCUT2D eigenvalue weighted by Crippen LogP contribution is 2.37. The number of hydrogen-bond donors (Lipinski definition) is 0. The van der Waals surface area contributed by atoms with E-state index in [2.05, 4.69) is 9.88 Å². The zero-order chi connectivity index (χ0) is 17.8. The van der Waals surface area contributed by atoms with E-state index < -0.39 is 0 Å². The van der Waals surface area contributed by atoms with E-state index in [-0.39, 0.29) is 17.5 Å². The van der Waals surface area contributed by atoms with Crippen molar-refractivity contribution in [1.82, 2.24) is 9.88 Å². The van der Waals surface area contributed by atoms with Gasteiger partial charge in [0.25, 0.3) is 0 Å². The molecular formula is C21H25FN2O2. The molecule has 2 fully saturated rings. The summed E-state index contributed by atoms with van der Waals surface area (Å²) in [5.74, 6) is -0.177. The number of hydrogen-bond acceptors (Lipinski definition) is 4. The topological polar surface area (TPSA) is 34.6 Å². The Morgan fingerprint density at radius 1 is 1.08 bits per heavy atom. The first-order valence-corrected chi connectivity index (χ1v) is 9.32.